The Morgan fingerprint density at radius 1 is 1.24 bits per heavy atom. The fraction of sp³-hybridized carbons (Fsp3) is 0.286. The van der Waals surface area contributed by atoms with Gasteiger partial charge >= 0.3 is 0 Å². The van der Waals surface area contributed by atoms with Crippen molar-refractivity contribution in [2.75, 3.05) is 0 Å². The molecule has 0 aromatic heterocycles. The molecular weight excluding hydrogens is 280 g/mol. The van der Waals surface area contributed by atoms with Crippen molar-refractivity contribution < 1.29 is 9.59 Å². The van der Waals surface area contributed by atoms with Crippen molar-refractivity contribution in [2.24, 2.45) is 0 Å². The van der Waals surface area contributed by atoms with E-state index in [1.54, 1.807) is 18.2 Å². The number of carbonyl (C=O) groups excluding carboxylic acids is 2. The summed E-state index contributed by atoms with van der Waals surface area (Å²) < 4.78 is 0.704. The zero-order valence-electron chi connectivity index (χ0n) is 9.63. The van der Waals surface area contributed by atoms with Gasteiger partial charge in [0.15, 0.2) is 11.6 Å². The summed E-state index contributed by atoms with van der Waals surface area (Å²) in [6.45, 7) is 2.07. The summed E-state index contributed by atoms with van der Waals surface area (Å²) in [4.78, 5) is 24.1. The molecule has 3 heteroatoms. The Kier molecular flexibility index (Phi) is 3.57. The smallest absolute Gasteiger partial charge is 0.191 e. The van der Waals surface area contributed by atoms with Crippen LogP contribution in [-0.4, -0.2) is 11.6 Å². The molecule has 2 nitrogen and oxygen atoms in total. The predicted molar refractivity (Wildman–Crippen MR) is 70.4 cm³/mol. The normalized spacial score (nSPS) is 14.6. The molecule has 88 valence electrons. The molecule has 1 aromatic rings. The van der Waals surface area contributed by atoms with Gasteiger partial charge in [0.1, 0.15) is 0 Å². The largest absolute Gasteiger partial charge is 0.289 e. The molecule has 0 atom stereocenters. The van der Waals surface area contributed by atoms with Crippen LogP contribution in [0.15, 0.2) is 34.3 Å². The zero-order valence-corrected chi connectivity index (χ0v) is 11.2. The lowest BCUT2D eigenvalue weighted by Crippen LogP contribution is -2.17. The highest BCUT2D eigenvalue weighted by Gasteiger charge is 2.26. The summed E-state index contributed by atoms with van der Waals surface area (Å²) >= 11 is 3.35. The van der Waals surface area contributed by atoms with Crippen LogP contribution in [0.1, 0.15) is 46.9 Å². The second-order valence-electron chi connectivity index (χ2n) is 4.13. The van der Waals surface area contributed by atoms with E-state index in [1.807, 2.05) is 0 Å². The van der Waals surface area contributed by atoms with Crippen LogP contribution in [0.4, 0.5) is 0 Å². The highest BCUT2D eigenvalue weighted by atomic mass is 79.9. The fourth-order valence-corrected chi connectivity index (χ4v) is 2.52. The summed E-state index contributed by atoms with van der Waals surface area (Å²) in [5, 5.41) is 0. The maximum atomic E-state index is 12.2. The minimum atomic E-state index is -0.0630. The number of benzene rings is 1. The van der Waals surface area contributed by atoms with Crippen molar-refractivity contribution in [3.05, 3.63) is 45.4 Å². The highest BCUT2D eigenvalue weighted by molar-refractivity contribution is 9.10. The molecule has 0 radical (unpaired) electrons. The molecule has 0 saturated heterocycles. The Balaban J connectivity index is 2.44. The number of unbranched alkanes of at least 4 members (excludes halogenated alkanes) is 1. The van der Waals surface area contributed by atoms with Crippen LogP contribution >= 0.6 is 15.9 Å². The molecule has 0 spiro atoms. The van der Waals surface area contributed by atoms with Crippen LogP contribution in [-0.2, 0) is 0 Å². The number of hydrogen-bond donors (Lipinski definition) is 0. The maximum Gasteiger partial charge on any atom is 0.191 e. The van der Waals surface area contributed by atoms with E-state index in [-0.39, 0.29) is 11.6 Å². The van der Waals surface area contributed by atoms with E-state index >= 15 is 0 Å². The predicted octanol–water partition coefficient (Wildman–Crippen LogP) is 3.94. The first-order chi connectivity index (χ1) is 8.15. The quantitative estimate of drug-likeness (QED) is 0.845. The van der Waals surface area contributed by atoms with E-state index < -0.39 is 0 Å². The molecule has 1 aliphatic carbocycles. The molecule has 0 amide bonds. The molecule has 0 fully saturated rings. The Morgan fingerprint density at radius 2 is 2.00 bits per heavy atom. The molecule has 1 aromatic carbocycles. The van der Waals surface area contributed by atoms with Crippen LogP contribution in [0.25, 0.3) is 0 Å². The van der Waals surface area contributed by atoms with Gasteiger partial charge in [0, 0.05) is 21.2 Å². The zero-order chi connectivity index (χ0) is 12.4. The van der Waals surface area contributed by atoms with E-state index in [0.717, 1.165) is 12.8 Å². The summed E-state index contributed by atoms with van der Waals surface area (Å²) in [5.41, 5.74) is 1.66. The first kappa shape index (κ1) is 12.2. The number of halogens is 1. The Hall–Kier alpha value is -1.22. The highest BCUT2D eigenvalue weighted by Crippen LogP contribution is 2.29. The monoisotopic (exact) mass is 292 g/mol. The van der Waals surface area contributed by atoms with E-state index in [4.69, 9.17) is 0 Å². The lowest BCUT2D eigenvalue weighted by atomic mass is 9.87. The van der Waals surface area contributed by atoms with Gasteiger partial charge in [-0.25, -0.2) is 0 Å². The summed E-state index contributed by atoms with van der Waals surface area (Å²) in [5.74, 6) is -0.0764. The molecule has 0 aliphatic heterocycles. The second-order valence-corrected chi connectivity index (χ2v) is 4.98. The number of Topliss-reactive ketones (excluding diaryl/α,β-unsaturated/α-hetero) is 1. The topological polar surface area (TPSA) is 34.1 Å². The number of hydrogen-bond acceptors (Lipinski definition) is 2. The average Bonchev–Trinajstić information content (AvgIpc) is 2.32. The van der Waals surface area contributed by atoms with Gasteiger partial charge in [-0.05, 0) is 25.0 Å². The Bertz CT molecular complexity index is 515. The number of ketones is 2. The molecule has 0 unspecified atom stereocenters. The van der Waals surface area contributed by atoms with Gasteiger partial charge in [-0.3, -0.25) is 9.59 Å². The number of allylic oxidation sites excluding steroid dienone is 2. The van der Waals surface area contributed by atoms with E-state index in [2.05, 4.69) is 22.9 Å². The van der Waals surface area contributed by atoms with E-state index in [0.29, 0.717) is 27.6 Å². The Morgan fingerprint density at radius 3 is 2.71 bits per heavy atom. The van der Waals surface area contributed by atoms with Gasteiger partial charge in [0.2, 0.25) is 0 Å². The SMILES string of the molecule is CCCCC1=CC(=O)c2cccc(Br)c2C1=O. The van der Waals surface area contributed by atoms with Gasteiger partial charge in [-0.1, -0.05) is 41.4 Å². The van der Waals surface area contributed by atoms with Crippen molar-refractivity contribution in [2.45, 2.75) is 26.2 Å². The van der Waals surface area contributed by atoms with E-state index in [9.17, 15) is 9.59 Å². The van der Waals surface area contributed by atoms with Crippen molar-refractivity contribution >= 4 is 27.5 Å². The summed E-state index contributed by atoms with van der Waals surface area (Å²) in [6, 6.07) is 5.28. The van der Waals surface area contributed by atoms with Crippen molar-refractivity contribution in [1.82, 2.24) is 0 Å². The van der Waals surface area contributed by atoms with Crippen LogP contribution in [0.3, 0.4) is 0 Å². The summed E-state index contributed by atoms with van der Waals surface area (Å²) in [6.07, 6.45) is 4.13. The number of fused-ring (bicyclic) bond motifs is 1. The van der Waals surface area contributed by atoms with Crippen molar-refractivity contribution in [3.8, 4) is 0 Å². The van der Waals surface area contributed by atoms with Crippen LogP contribution in [0.2, 0.25) is 0 Å². The van der Waals surface area contributed by atoms with E-state index in [1.165, 1.54) is 6.08 Å². The molecule has 17 heavy (non-hydrogen) atoms. The van der Waals surface area contributed by atoms with Crippen molar-refractivity contribution in [3.63, 3.8) is 0 Å². The maximum absolute atomic E-state index is 12.2. The van der Waals surface area contributed by atoms with Gasteiger partial charge in [-0.15, -0.1) is 0 Å². The molecule has 0 bridgehead atoms. The van der Waals surface area contributed by atoms with Crippen LogP contribution in [0.5, 0.6) is 0 Å². The molecule has 2 rings (SSSR count). The second kappa shape index (κ2) is 4.96. The first-order valence-corrected chi connectivity index (χ1v) is 6.52. The fourth-order valence-electron chi connectivity index (χ4n) is 1.98. The standard InChI is InChI=1S/C14H13BrO2/c1-2-3-5-9-8-12(16)10-6-4-7-11(15)13(10)14(9)17/h4,6-8H,2-3,5H2,1H3. The lowest BCUT2D eigenvalue weighted by Gasteiger charge is -2.16. The number of carbonyl (C=O) groups is 2. The minimum absolute atomic E-state index is 0.0134. The van der Waals surface area contributed by atoms with Gasteiger partial charge < -0.3 is 0 Å². The third-order valence-electron chi connectivity index (χ3n) is 2.90. The van der Waals surface area contributed by atoms with Gasteiger partial charge in [0.05, 0.1) is 0 Å². The Labute approximate surface area is 109 Å². The average molecular weight is 293 g/mol. The molecule has 0 N–H and O–H groups in total. The van der Waals surface area contributed by atoms with Crippen molar-refractivity contribution in [1.29, 1.82) is 0 Å². The first-order valence-electron chi connectivity index (χ1n) is 5.73. The van der Waals surface area contributed by atoms with Crippen LogP contribution < -0.4 is 0 Å². The third-order valence-corrected chi connectivity index (χ3v) is 3.56. The third kappa shape index (κ3) is 2.25. The molecule has 0 saturated carbocycles. The van der Waals surface area contributed by atoms with Gasteiger partial charge in [0.25, 0.3) is 0 Å². The summed E-state index contributed by atoms with van der Waals surface area (Å²) in [7, 11) is 0. The molecule has 1 aliphatic rings. The lowest BCUT2D eigenvalue weighted by molar-refractivity contribution is 0.0980. The van der Waals surface area contributed by atoms with Gasteiger partial charge in [-0.2, -0.15) is 0 Å². The number of rotatable bonds is 3. The molecule has 0 heterocycles. The minimum Gasteiger partial charge on any atom is -0.289 e. The van der Waals surface area contributed by atoms with Crippen LogP contribution in [0, 0.1) is 0 Å². The molecular formula is C14H13BrO2.